The van der Waals surface area contributed by atoms with Crippen LogP contribution in [0.2, 0.25) is 0 Å². The number of esters is 2. The zero-order chi connectivity index (χ0) is 26.4. The van der Waals surface area contributed by atoms with Crippen molar-refractivity contribution < 1.29 is 33.0 Å². The third-order valence-electron chi connectivity index (χ3n) is 6.60. The van der Waals surface area contributed by atoms with Gasteiger partial charge in [-0.25, -0.2) is 0 Å². The Balaban J connectivity index is 1.55. The van der Waals surface area contributed by atoms with E-state index in [2.05, 4.69) is 4.98 Å². The number of unbranched alkanes of at least 4 members (excludes halogenated alkanes) is 2. The highest BCUT2D eigenvalue weighted by Gasteiger charge is 2.36. The molecule has 0 bridgehead atoms. The van der Waals surface area contributed by atoms with E-state index in [0.29, 0.717) is 56.8 Å². The molecule has 0 aliphatic carbocycles. The van der Waals surface area contributed by atoms with E-state index in [1.54, 1.807) is 20.1 Å². The van der Waals surface area contributed by atoms with E-state index >= 15 is 0 Å². The quantitative estimate of drug-likeness (QED) is 0.291. The van der Waals surface area contributed by atoms with Crippen molar-refractivity contribution in [1.29, 1.82) is 0 Å². The van der Waals surface area contributed by atoms with Crippen molar-refractivity contribution >= 4 is 28.7 Å². The lowest BCUT2D eigenvalue weighted by atomic mass is 9.95. The number of amides is 1. The van der Waals surface area contributed by atoms with Gasteiger partial charge in [0.15, 0.2) is 0 Å². The molecule has 4 rings (SSSR count). The number of rotatable bonds is 11. The first kappa shape index (κ1) is 26.3. The summed E-state index contributed by atoms with van der Waals surface area (Å²) in [6.07, 6.45) is 3.61. The number of carbonyl (C=O) groups excluding carboxylic acids is 3. The molecule has 2 aromatic heterocycles. The van der Waals surface area contributed by atoms with E-state index in [1.165, 1.54) is 6.92 Å². The van der Waals surface area contributed by atoms with Crippen LogP contribution in [0.4, 0.5) is 0 Å². The van der Waals surface area contributed by atoms with Crippen LogP contribution >= 0.6 is 0 Å². The van der Waals surface area contributed by atoms with Gasteiger partial charge in [-0.2, -0.15) is 0 Å². The van der Waals surface area contributed by atoms with Crippen LogP contribution in [0.15, 0.2) is 34.7 Å². The molecule has 3 heterocycles. The summed E-state index contributed by atoms with van der Waals surface area (Å²) in [5, 5.41) is 1.07. The monoisotopic (exact) mass is 510 g/mol. The minimum Gasteiger partial charge on any atom is -0.497 e. The van der Waals surface area contributed by atoms with Gasteiger partial charge in [-0.05, 0) is 62.1 Å². The number of hydrogen-bond donors (Lipinski definition) is 1. The molecule has 1 amide bonds. The van der Waals surface area contributed by atoms with Gasteiger partial charge in [0, 0.05) is 37.2 Å². The first-order valence-electron chi connectivity index (χ1n) is 12.8. The molecule has 1 aromatic carbocycles. The second kappa shape index (κ2) is 12.0. The fraction of sp³-hybridized carbons (Fsp3) is 0.464. The molecule has 9 nitrogen and oxygen atoms in total. The van der Waals surface area contributed by atoms with Gasteiger partial charge in [0.25, 0.3) is 0 Å². The average molecular weight is 511 g/mol. The van der Waals surface area contributed by atoms with Gasteiger partial charge in [0.1, 0.15) is 29.9 Å². The van der Waals surface area contributed by atoms with Crippen molar-refractivity contribution in [1.82, 2.24) is 9.88 Å². The van der Waals surface area contributed by atoms with Crippen LogP contribution in [0.1, 0.15) is 74.8 Å². The van der Waals surface area contributed by atoms with Crippen molar-refractivity contribution in [3.05, 3.63) is 53.1 Å². The predicted molar refractivity (Wildman–Crippen MR) is 136 cm³/mol. The molecule has 37 heavy (non-hydrogen) atoms. The number of methoxy groups -OCH3 is 1. The number of aromatic nitrogens is 1. The summed E-state index contributed by atoms with van der Waals surface area (Å²) in [5.74, 6) is 1.34. The molecule has 0 radical (unpaired) electrons. The summed E-state index contributed by atoms with van der Waals surface area (Å²) < 4.78 is 21.6. The zero-order valence-electron chi connectivity index (χ0n) is 21.6. The van der Waals surface area contributed by atoms with Gasteiger partial charge in [0.2, 0.25) is 5.91 Å². The van der Waals surface area contributed by atoms with Crippen molar-refractivity contribution in [2.45, 2.75) is 65.0 Å². The molecule has 1 aliphatic heterocycles. The molecule has 0 saturated heterocycles. The number of furan rings is 1. The Hall–Kier alpha value is -3.75. The highest BCUT2D eigenvalue weighted by atomic mass is 16.5. The topological polar surface area (TPSA) is 111 Å². The number of aromatic amines is 1. The highest BCUT2D eigenvalue weighted by molar-refractivity contribution is 5.87. The Morgan fingerprint density at radius 3 is 2.65 bits per heavy atom. The maximum atomic E-state index is 13.4. The smallest absolute Gasteiger partial charge is 0.305 e. The lowest BCUT2D eigenvalue weighted by Crippen LogP contribution is -2.40. The van der Waals surface area contributed by atoms with Crippen molar-refractivity contribution in [2.75, 3.05) is 20.3 Å². The number of H-pyrrole nitrogens is 1. The first-order chi connectivity index (χ1) is 17.9. The van der Waals surface area contributed by atoms with Crippen LogP contribution in [0.5, 0.6) is 5.75 Å². The van der Waals surface area contributed by atoms with Crippen LogP contribution in [-0.4, -0.2) is 48.0 Å². The van der Waals surface area contributed by atoms with E-state index < -0.39 is 6.04 Å². The normalized spacial score (nSPS) is 14.9. The highest BCUT2D eigenvalue weighted by Crippen LogP contribution is 2.40. The van der Waals surface area contributed by atoms with Crippen LogP contribution in [0.3, 0.4) is 0 Å². The predicted octanol–water partition coefficient (Wildman–Crippen LogP) is 4.82. The number of benzene rings is 1. The summed E-state index contributed by atoms with van der Waals surface area (Å²) in [4.78, 5) is 41.6. The maximum Gasteiger partial charge on any atom is 0.305 e. The molecule has 0 fully saturated rings. The Morgan fingerprint density at radius 2 is 1.89 bits per heavy atom. The molecule has 198 valence electrons. The van der Waals surface area contributed by atoms with E-state index in [1.807, 2.05) is 29.2 Å². The summed E-state index contributed by atoms with van der Waals surface area (Å²) in [5.41, 5.74) is 3.02. The number of carbonyl (C=O) groups is 3. The minimum atomic E-state index is -0.430. The van der Waals surface area contributed by atoms with Crippen LogP contribution < -0.4 is 4.74 Å². The Kier molecular flexibility index (Phi) is 8.53. The molecule has 9 heteroatoms. The largest absolute Gasteiger partial charge is 0.497 e. The number of nitrogens with one attached hydrogen (secondary N) is 1. The van der Waals surface area contributed by atoms with Gasteiger partial charge in [-0.1, -0.05) is 6.42 Å². The fourth-order valence-corrected chi connectivity index (χ4v) is 4.85. The summed E-state index contributed by atoms with van der Waals surface area (Å²) in [6.45, 7) is 4.10. The van der Waals surface area contributed by atoms with Crippen molar-refractivity contribution in [3.63, 3.8) is 0 Å². The molecule has 1 unspecified atom stereocenters. The van der Waals surface area contributed by atoms with Gasteiger partial charge < -0.3 is 28.5 Å². The Morgan fingerprint density at radius 1 is 1.08 bits per heavy atom. The molecule has 1 atom stereocenters. The molecule has 0 spiro atoms. The molecule has 1 aliphatic rings. The molecule has 3 aromatic rings. The molecule has 1 N–H and O–H groups in total. The zero-order valence-corrected chi connectivity index (χ0v) is 21.6. The molecular weight excluding hydrogens is 476 g/mol. The third-order valence-corrected chi connectivity index (χ3v) is 6.60. The maximum absolute atomic E-state index is 13.4. The molecule has 0 saturated carbocycles. The minimum absolute atomic E-state index is 0.0287. The van der Waals surface area contributed by atoms with Crippen molar-refractivity contribution in [3.8, 4) is 5.75 Å². The summed E-state index contributed by atoms with van der Waals surface area (Å²) in [6, 6.07) is 9.08. The van der Waals surface area contributed by atoms with E-state index in [-0.39, 0.29) is 24.5 Å². The summed E-state index contributed by atoms with van der Waals surface area (Å²) >= 11 is 0. The van der Waals surface area contributed by atoms with E-state index in [4.69, 9.17) is 18.6 Å². The number of ether oxygens (including phenoxy) is 3. The first-order valence-corrected chi connectivity index (χ1v) is 12.8. The van der Waals surface area contributed by atoms with Gasteiger partial charge in [-0.15, -0.1) is 0 Å². The number of fused-ring (bicyclic) bond motifs is 3. The standard InChI is InChI=1S/C28H34N2O7/c1-4-35-26(33)9-7-5-6-8-25(32)30-15-14-21-22-16-19(34-3)10-12-23(22)29-27(21)28(30)24-13-11-20(37-24)17-36-18(2)31/h10-13,16,28-29H,4-9,14-15,17H2,1-3H3. The second-order valence-electron chi connectivity index (χ2n) is 9.12. The Bertz CT molecular complexity index is 1260. The molecular formula is C28H34N2O7. The number of hydrogen-bond acceptors (Lipinski definition) is 7. The Labute approximate surface area is 216 Å². The second-order valence-corrected chi connectivity index (χ2v) is 9.12. The van der Waals surface area contributed by atoms with Gasteiger partial charge in [-0.3, -0.25) is 14.4 Å². The van der Waals surface area contributed by atoms with Crippen molar-refractivity contribution in [2.24, 2.45) is 0 Å². The van der Waals surface area contributed by atoms with Crippen LogP contribution in [0, 0.1) is 0 Å². The van der Waals surface area contributed by atoms with E-state index in [0.717, 1.165) is 34.3 Å². The van der Waals surface area contributed by atoms with Gasteiger partial charge in [0.05, 0.1) is 19.4 Å². The van der Waals surface area contributed by atoms with Gasteiger partial charge >= 0.3 is 11.9 Å². The third kappa shape index (κ3) is 6.15. The summed E-state index contributed by atoms with van der Waals surface area (Å²) in [7, 11) is 1.64. The SMILES string of the molecule is CCOC(=O)CCCCCC(=O)N1CCc2c([nH]c3ccc(OC)cc23)C1c1ccc(COC(C)=O)o1. The average Bonchev–Trinajstić information content (AvgIpc) is 3.50. The fourth-order valence-electron chi connectivity index (χ4n) is 4.85. The van der Waals surface area contributed by atoms with Crippen LogP contribution in [-0.2, 0) is 36.9 Å². The van der Waals surface area contributed by atoms with Crippen LogP contribution in [0.25, 0.3) is 10.9 Å². The lowest BCUT2D eigenvalue weighted by molar-refractivity contribution is -0.143. The number of nitrogens with zero attached hydrogens (tertiary/aromatic N) is 1. The van der Waals surface area contributed by atoms with E-state index in [9.17, 15) is 14.4 Å². The lowest BCUT2D eigenvalue weighted by Gasteiger charge is -2.35.